The molecule has 0 fully saturated rings. The van der Waals surface area contributed by atoms with E-state index in [0.717, 1.165) is 25.2 Å². The molecular weight excluding hydrogens is 210 g/mol. The van der Waals surface area contributed by atoms with E-state index in [1.165, 1.54) is 29.7 Å². The van der Waals surface area contributed by atoms with Gasteiger partial charge in [0.25, 0.3) is 0 Å². The van der Waals surface area contributed by atoms with E-state index in [1.54, 1.807) is 0 Å². The van der Waals surface area contributed by atoms with Crippen molar-refractivity contribution >= 4 is 5.82 Å². The van der Waals surface area contributed by atoms with Crippen molar-refractivity contribution in [2.75, 3.05) is 5.73 Å². The Morgan fingerprint density at radius 1 is 1.12 bits per heavy atom. The van der Waals surface area contributed by atoms with Gasteiger partial charge >= 0.3 is 0 Å². The van der Waals surface area contributed by atoms with Crippen LogP contribution < -0.4 is 5.73 Å². The Balaban J connectivity index is 1.91. The van der Waals surface area contributed by atoms with Gasteiger partial charge in [-0.15, -0.1) is 0 Å². The van der Waals surface area contributed by atoms with Gasteiger partial charge in [0.05, 0.1) is 12.2 Å². The third kappa shape index (κ3) is 1.93. The third-order valence-corrected chi connectivity index (χ3v) is 3.44. The predicted molar refractivity (Wildman–Crippen MR) is 68.8 cm³/mol. The molecule has 0 saturated heterocycles. The Labute approximate surface area is 101 Å². The van der Waals surface area contributed by atoms with E-state index in [2.05, 4.69) is 29.4 Å². The minimum absolute atomic E-state index is 0.777. The Kier molecular flexibility index (Phi) is 2.59. The maximum atomic E-state index is 6.17. The van der Waals surface area contributed by atoms with Crippen LogP contribution in [0.2, 0.25) is 0 Å². The molecular formula is C14H17N3. The molecule has 88 valence electrons. The Bertz CT molecular complexity index is 514. The van der Waals surface area contributed by atoms with Gasteiger partial charge in [0.2, 0.25) is 0 Å². The lowest BCUT2D eigenvalue weighted by molar-refractivity contribution is 0.647. The lowest BCUT2D eigenvalue weighted by Crippen LogP contribution is -2.06. The van der Waals surface area contributed by atoms with Crippen molar-refractivity contribution in [1.82, 2.24) is 9.78 Å². The van der Waals surface area contributed by atoms with Crippen LogP contribution in [0, 0.1) is 0 Å². The molecule has 0 radical (unpaired) electrons. The first-order valence-corrected chi connectivity index (χ1v) is 6.22. The summed E-state index contributed by atoms with van der Waals surface area (Å²) in [6, 6.07) is 10.4. The lowest BCUT2D eigenvalue weighted by Gasteiger charge is -2.08. The van der Waals surface area contributed by atoms with Crippen molar-refractivity contribution in [3.8, 4) is 0 Å². The van der Waals surface area contributed by atoms with Crippen LogP contribution in [0.1, 0.15) is 29.7 Å². The summed E-state index contributed by atoms with van der Waals surface area (Å²) in [5.41, 5.74) is 9.92. The number of anilines is 1. The predicted octanol–water partition coefficient (Wildman–Crippen LogP) is 2.39. The van der Waals surface area contributed by atoms with Crippen LogP contribution in [-0.4, -0.2) is 9.78 Å². The summed E-state index contributed by atoms with van der Waals surface area (Å²) in [6.07, 6.45) is 4.67. The van der Waals surface area contributed by atoms with Crippen LogP contribution >= 0.6 is 0 Å². The standard InChI is InChI=1S/C14H17N3/c15-14-12-8-4-5-9-13(12)16-17(14)10-11-6-2-1-3-7-11/h1-3,6-7H,4-5,8-10,15H2. The zero-order chi connectivity index (χ0) is 11.7. The van der Waals surface area contributed by atoms with Crippen molar-refractivity contribution in [2.45, 2.75) is 32.2 Å². The molecule has 0 unspecified atom stereocenters. The minimum atomic E-state index is 0.777. The highest BCUT2D eigenvalue weighted by Gasteiger charge is 2.18. The Morgan fingerprint density at radius 3 is 2.65 bits per heavy atom. The number of nitrogens with zero attached hydrogens (tertiary/aromatic N) is 2. The fraction of sp³-hybridized carbons (Fsp3) is 0.357. The quantitative estimate of drug-likeness (QED) is 0.856. The van der Waals surface area contributed by atoms with E-state index in [1.807, 2.05) is 10.7 Å². The highest BCUT2D eigenvalue weighted by Crippen LogP contribution is 2.26. The second-order valence-corrected chi connectivity index (χ2v) is 4.66. The van der Waals surface area contributed by atoms with Crippen molar-refractivity contribution in [3.05, 3.63) is 47.2 Å². The number of rotatable bonds is 2. The summed E-state index contributed by atoms with van der Waals surface area (Å²) in [5, 5.41) is 4.64. The first-order valence-electron chi connectivity index (χ1n) is 6.22. The summed E-state index contributed by atoms with van der Waals surface area (Å²) in [5.74, 6) is 0.864. The molecule has 0 saturated carbocycles. The van der Waals surface area contributed by atoms with E-state index < -0.39 is 0 Å². The summed E-state index contributed by atoms with van der Waals surface area (Å²) in [6.45, 7) is 0.777. The van der Waals surface area contributed by atoms with Crippen LogP contribution in [0.15, 0.2) is 30.3 Å². The minimum Gasteiger partial charge on any atom is -0.384 e. The average Bonchev–Trinajstić information content (AvgIpc) is 2.68. The summed E-state index contributed by atoms with van der Waals surface area (Å²) in [4.78, 5) is 0. The number of hydrogen-bond donors (Lipinski definition) is 1. The van der Waals surface area contributed by atoms with E-state index in [9.17, 15) is 0 Å². The van der Waals surface area contributed by atoms with Crippen LogP contribution in [0.4, 0.5) is 5.82 Å². The molecule has 3 nitrogen and oxygen atoms in total. The Hall–Kier alpha value is -1.77. The third-order valence-electron chi connectivity index (χ3n) is 3.44. The molecule has 1 aliphatic carbocycles. The molecule has 0 atom stereocenters. The first-order chi connectivity index (χ1) is 8.34. The lowest BCUT2D eigenvalue weighted by atomic mass is 9.98. The number of benzene rings is 1. The molecule has 3 rings (SSSR count). The topological polar surface area (TPSA) is 43.8 Å². The van der Waals surface area contributed by atoms with Gasteiger partial charge in [-0.25, -0.2) is 4.68 Å². The zero-order valence-corrected chi connectivity index (χ0v) is 9.89. The monoisotopic (exact) mass is 227 g/mol. The number of fused-ring (bicyclic) bond motifs is 1. The van der Waals surface area contributed by atoms with Crippen molar-refractivity contribution in [1.29, 1.82) is 0 Å². The van der Waals surface area contributed by atoms with E-state index in [-0.39, 0.29) is 0 Å². The molecule has 0 amide bonds. The fourth-order valence-electron chi connectivity index (χ4n) is 2.51. The molecule has 0 bridgehead atoms. The molecule has 1 aromatic heterocycles. The second-order valence-electron chi connectivity index (χ2n) is 4.66. The van der Waals surface area contributed by atoms with E-state index in [0.29, 0.717) is 0 Å². The number of nitrogen functional groups attached to an aromatic ring is 1. The maximum Gasteiger partial charge on any atom is 0.125 e. The molecule has 0 spiro atoms. The molecule has 2 N–H and O–H groups in total. The van der Waals surface area contributed by atoms with Gasteiger partial charge in [-0.1, -0.05) is 30.3 Å². The second kappa shape index (κ2) is 4.24. The van der Waals surface area contributed by atoms with Gasteiger partial charge < -0.3 is 5.73 Å². The molecule has 1 aromatic carbocycles. The highest BCUT2D eigenvalue weighted by molar-refractivity contribution is 5.45. The molecule has 17 heavy (non-hydrogen) atoms. The summed E-state index contributed by atoms with van der Waals surface area (Å²) >= 11 is 0. The van der Waals surface area contributed by atoms with Crippen LogP contribution in [-0.2, 0) is 19.4 Å². The molecule has 0 aliphatic heterocycles. The Morgan fingerprint density at radius 2 is 1.88 bits per heavy atom. The van der Waals surface area contributed by atoms with Gasteiger partial charge in [0.1, 0.15) is 5.82 Å². The molecule has 1 heterocycles. The smallest absolute Gasteiger partial charge is 0.125 e. The average molecular weight is 227 g/mol. The van der Waals surface area contributed by atoms with Gasteiger partial charge in [-0.05, 0) is 31.2 Å². The first kappa shape index (κ1) is 10.4. The molecule has 2 aromatic rings. The normalized spacial score (nSPS) is 14.6. The van der Waals surface area contributed by atoms with Gasteiger partial charge in [0, 0.05) is 5.56 Å². The van der Waals surface area contributed by atoms with Gasteiger partial charge in [-0.3, -0.25) is 0 Å². The van der Waals surface area contributed by atoms with Gasteiger partial charge in [-0.2, -0.15) is 5.10 Å². The number of hydrogen-bond acceptors (Lipinski definition) is 2. The van der Waals surface area contributed by atoms with Crippen LogP contribution in [0.25, 0.3) is 0 Å². The number of nitrogens with two attached hydrogens (primary N) is 1. The largest absolute Gasteiger partial charge is 0.384 e. The number of aromatic nitrogens is 2. The van der Waals surface area contributed by atoms with Crippen molar-refractivity contribution < 1.29 is 0 Å². The summed E-state index contributed by atoms with van der Waals surface area (Å²) in [7, 11) is 0. The molecule has 1 aliphatic rings. The fourth-order valence-corrected chi connectivity index (χ4v) is 2.51. The van der Waals surface area contributed by atoms with Gasteiger partial charge in [0.15, 0.2) is 0 Å². The maximum absolute atomic E-state index is 6.17. The van der Waals surface area contributed by atoms with Crippen LogP contribution in [0.5, 0.6) is 0 Å². The van der Waals surface area contributed by atoms with E-state index in [4.69, 9.17) is 5.73 Å². The van der Waals surface area contributed by atoms with Crippen LogP contribution in [0.3, 0.4) is 0 Å². The van der Waals surface area contributed by atoms with E-state index >= 15 is 0 Å². The zero-order valence-electron chi connectivity index (χ0n) is 9.89. The van der Waals surface area contributed by atoms with Crippen molar-refractivity contribution in [2.24, 2.45) is 0 Å². The summed E-state index contributed by atoms with van der Waals surface area (Å²) < 4.78 is 1.95. The SMILES string of the molecule is Nc1c2c(nn1Cc1ccccc1)CCCC2. The number of aryl methyl sites for hydroxylation is 1. The van der Waals surface area contributed by atoms with Crippen molar-refractivity contribution in [3.63, 3.8) is 0 Å². The molecule has 3 heteroatoms. The highest BCUT2D eigenvalue weighted by atomic mass is 15.3.